The number of hydrogen-bond donors (Lipinski definition) is 0. The fraction of sp³-hybridized carbons (Fsp3) is 0.929. The summed E-state index contributed by atoms with van der Waals surface area (Å²) < 4.78 is 5.41. The van der Waals surface area contributed by atoms with E-state index in [2.05, 4.69) is 25.7 Å². The van der Waals surface area contributed by atoms with Crippen LogP contribution in [-0.4, -0.2) is 53.7 Å². The van der Waals surface area contributed by atoms with E-state index < -0.39 is 5.60 Å². The molecule has 0 aromatic rings. The van der Waals surface area contributed by atoms with Crippen LogP contribution in [0.5, 0.6) is 0 Å². The predicted molar refractivity (Wildman–Crippen MR) is 73.7 cm³/mol. The van der Waals surface area contributed by atoms with Crippen molar-refractivity contribution in [1.82, 2.24) is 9.80 Å². The zero-order chi connectivity index (χ0) is 13.9. The molecule has 1 amide bonds. The standard InChI is InChI=1S/C14H28N2O2/c1-11(2)9-15-7-8-16(10-12(15)3)13(17)18-14(4,5)6/h11-12H,7-10H2,1-6H3. The van der Waals surface area contributed by atoms with Crippen LogP contribution >= 0.6 is 0 Å². The van der Waals surface area contributed by atoms with Crippen molar-refractivity contribution in [3.63, 3.8) is 0 Å². The second kappa shape index (κ2) is 5.91. The Kier molecular flexibility index (Phi) is 5.02. The van der Waals surface area contributed by atoms with Gasteiger partial charge in [0.25, 0.3) is 0 Å². The molecule has 0 radical (unpaired) electrons. The third kappa shape index (κ3) is 4.84. The summed E-state index contributed by atoms with van der Waals surface area (Å²) in [6.07, 6.45) is -0.182. The van der Waals surface area contributed by atoms with Gasteiger partial charge < -0.3 is 9.64 Å². The Morgan fingerprint density at radius 3 is 2.39 bits per heavy atom. The van der Waals surface area contributed by atoms with E-state index >= 15 is 0 Å². The van der Waals surface area contributed by atoms with Crippen LogP contribution in [0.15, 0.2) is 0 Å². The first-order chi connectivity index (χ1) is 8.19. The first-order valence-corrected chi connectivity index (χ1v) is 6.91. The lowest BCUT2D eigenvalue weighted by molar-refractivity contribution is 0.00433. The molecular weight excluding hydrogens is 228 g/mol. The van der Waals surface area contributed by atoms with Crippen molar-refractivity contribution >= 4 is 6.09 Å². The fourth-order valence-corrected chi connectivity index (χ4v) is 2.23. The first kappa shape index (κ1) is 15.3. The van der Waals surface area contributed by atoms with Crippen LogP contribution in [0.25, 0.3) is 0 Å². The van der Waals surface area contributed by atoms with Gasteiger partial charge in [-0.3, -0.25) is 4.90 Å². The van der Waals surface area contributed by atoms with Gasteiger partial charge in [0.05, 0.1) is 0 Å². The molecule has 1 aliphatic rings. The molecule has 1 fully saturated rings. The van der Waals surface area contributed by atoms with Gasteiger partial charge in [0.15, 0.2) is 0 Å². The lowest BCUT2D eigenvalue weighted by Gasteiger charge is -2.40. The largest absolute Gasteiger partial charge is 0.444 e. The lowest BCUT2D eigenvalue weighted by atomic mass is 10.1. The molecule has 0 N–H and O–H groups in total. The highest BCUT2D eigenvalue weighted by Gasteiger charge is 2.29. The van der Waals surface area contributed by atoms with Crippen molar-refractivity contribution in [3.8, 4) is 0 Å². The minimum absolute atomic E-state index is 0.182. The normalized spacial score (nSPS) is 22.4. The number of ether oxygens (including phenoxy) is 1. The molecular formula is C14H28N2O2. The van der Waals surface area contributed by atoms with E-state index in [0.717, 1.165) is 26.2 Å². The molecule has 1 unspecified atom stereocenters. The monoisotopic (exact) mass is 256 g/mol. The van der Waals surface area contributed by atoms with Crippen molar-refractivity contribution in [2.45, 2.75) is 53.2 Å². The number of rotatable bonds is 2. The van der Waals surface area contributed by atoms with Gasteiger partial charge in [0.1, 0.15) is 5.60 Å². The van der Waals surface area contributed by atoms with Gasteiger partial charge in [-0.2, -0.15) is 0 Å². The Balaban J connectivity index is 2.48. The number of hydrogen-bond acceptors (Lipinski definition) is 3. The summed E-state index contributed by atoms with van der Waals surface area (Å²) in [6.45, 7) is 15.9. The predicted octanol–water partition coefficient (Wildman–Crippen LogP) is 2.58. The summed E-state index contributed by atoms with van der Waals surface area (Å²) in [6, 6.07) is 0.411. The zero-order valence-corrected chi connectivity index (χ0v) is 12.7. The number of carbonyl (C=O) groups is 1. The summed E-state index contributed by atoms with van der Waals surface area (Å²) in [5.74, 6) is 0.667. The Labute approximate surface area is 111 Å². The molecule has 0 aromatic heterocycles. The number of piperazine rings is 1. The molecule has 1 heterocycles. The summed E-state index contributed by atoms with van der Waals surface area (Å²) in [5, 5.41) is 0. The summed E-state index contributed by atoms with van der Waals surface area (Å²) in [5.41, 5.74) is -0.407. The highest BCUT2D eigenvalue weighted by Crippen LogP contribution is 2.15. The van der Waals surface area contributed by atoms with Crippen LogP contribution in [0.2, 0.25) is 0 Å². The SMILES string of the molecule is CC(C)CN1CCN(C(=O)OC(C)(C)C)CC1C. The lowest BCUT2D eigenvalue weighted by Crippen LogP contribution is -2.55. The van der Waals surface area contributed by atoms with Gasteiger partial charge in [-0.25, -0.2) is 4.79 Å². The Bertz CT molecular complexity index is 284. The van der Waals surface area contributed by atoms with Crippen molar-refractivity contribution in [2.24, 2.45) is 5.92 Å². The topological polar surface area (TPSA) is 32.8 Å². The highest BCUT2D eigenvalue weighted by atomic mass is 16.6. The Hall–Kier alpha value is -0.770. The summed E-state index contributed by atoms with van der Waals surface area (Å²) >= 11 is 0. The van der Waals surface area contributed by atoms with E-state index in [1.54, 1.807) is 0 Å². The van der Waals surface area contributed by atoms with Crippen molar-refractivity contribution in [1.29, 1.82) is 0 Å². The van der Waals surface area contributed by atoms with Crippen molar-refractivity contribution < 1.29 is 9.53 Å². The summed E-state index contributed by atoms with van der Waals surface area (Å²) in [4.78, 5) is 16.2. The molecule has 4 heteroatoms. The van der Waals surface area contributed by atoms with Crippen LogP contribution in [0.1, 0.15) is 41.5 Å². The van der Waals surface area contributed by atoms with Crippen LogP contribution in [-0.2, 0) is 4.74 Å². The van der Waals surface area contributed by atoms with Crippen LogP contribution < -0.4 is 0 Å². The third-order valence-electron chi connectivity index (χ3n) is 3.02. The van der Waals surface area contributed by atoms with Gasteiger partial charge in [-0.15, -0.1) is 0 Å². The highest BCUT2D eigenvalue weighted by molar-refractivity contribution is 5.68. The minimum atomic E-state index is -0.407. The molecule has 4 nitrogen and oxygen atoms in total. The molecule has 18 heavy (non-hydrogen) atoms. The smallest absolute Gasteiger partial charge is 0.410 e. The maximum Gasteiger partial charge on any atom is 0.410 e. The zero-order valence-electron chi connectivity index (χ0n) is 12.7. The first-order valence-electron chi connectivity index (χ1n) is 6.91. The van der Waals surface area contributed by atoms with E-state index in [4.69, 9.17) is 4.74 Å². The van der Waals surface area contributed by atoms with E-state index in [9.17, 15) is 4.79 Å². The molecule has 0 aromatic carbocycles. The molecule has 106 valence electrons. The van der Waals surface area contributed by atoms with Gasteiger partial charge in [0.2, 0.25) is 0 Å². The molecule has 0 spiro atoms. The Morgan fingerprint density at radius 1 is 1.33 bits per heavy atom. The van der Waals surface area contributed by atoms with Gasteiger partial charge in [-0.1, -0.05) is 13.8 Å². The van der Waals surface area contributed by atoms with E-state index in [1.807, 2.05) is 25.7 Å². The number of nitrogens with zero attached hydrogens (tertiary/aromatic N) is 2. The van der Waals surface area contributed by atoms with Crippen LogP contribution in [0, 0.1) is 5.92 Å². The van der Waals surface area contributed by atoms with Crippen LogP contribution in [0.3, 0.4) is 0 Å². The van der Waals surface area contributed by atoms with E-state index in [0.29, 0.717) is 12.0 Å². The van der Waals surface area contributed by atoms with E-state index in [1.165, 1.54) is 0 Å². The third-order valence-corrected chi connectivity index (χ3v) is 3.02. The minimum Gasteiger partial charge on any atom is -0.444 e. The summed E-state index contributed by atoms with van der Waals surface area (Å²) in [7, 11) is 0. The molecule has 0 aliphatic carbocycles. The maximum absolute atomic E-state index is 12.0. The molecule has 1 aliphatic heterocycles. The molecule has 1 atom stereocenters. The average Bonchev–Trinajstić information content (AvgIpc) is 2.17. The second-order valence-corrected chi connectivity index (χ2v) is 6.66. The van der Waals surface area contributed by atoms with Gasteiger partial charge >= 0.3 is 6.09 Å². The molecule has 0 saturated carbocycles. The van der Waals surface area contributed by atoms with Crippen molar-refractivity contribution in [2.75, 3.05) is 26.2 Å². The maximum atomic E-state index is 12.0. The van der Waals surface area contributed by atoms with Gasteiger partial charge in [-0.05, 0) is 33.6 Å². The second-order valence-electron chi connectivity index (χ2n) is 6.66. The quantitative estimate of drug-likeness (QED) is 0.761. The van der Waals surface area contributed by atoms with Crippen molar-refractivity contribution in [3.05, 3.63) is 0 Å². The Morgan fingerprint density at radius 2 is 1.94 bits per heavy atom. The fourth-order valence-electron chi connectivity index (χ4n) is 2.23. The number of carbonyl (C=O) groups excluding carboxylic acids is 1. The van der Waals surface area contributed by atoms with Gasteiger partial charge in [0, 0.05) is 32.2 Å². The molecule has 0 bridgehead atoms. The van der Waals surface area contributed by atoms with E-state index in [-0.39, 0.29) is 6.09 Å². The molecule has 1 rings (SSSR count). The average molecular weight is 256 g/mol. The van der Waals surface area contributed by atoms with Crippen LogP contribution in [0.4, 0.5) is 4.79 Å². The number of amides is 1. The molecule has 1 saturated heterocycles.